The van der Waals surface area contributed by atoms with E-state index >= 15 is 0 Å². The van der Waals surface area contributed by atoms with Gasteiger partial charge in [-0.15, -0.1) is 0 Å². The Bertz CT molecular complexity index is 288. The Morgan fingerprint density at radius 3 is 2.53 bits per heavy atom. The highest BCUT2D eigenvalue weighted by atomic mass is 16.5. The standard InChI is InChI=1S/C11H19NO5/c1-11(7-16-2,10(14)15)12-9(13)8-3-5-17-6-4-8/h8H,3-7H2,1-2H3,(H,12,13)(H,14,15). The minimum Gasteiger partial charge on any atom is -0.479 e. The summed E-state index contributed by atoms with van der Waals surface area (Å²) in [7, 11) is 1.40. The molecule has 0 saturated carbocycles. The molecular formula is C11H19NO5. The number of carboxylic acid groups (broad SMARTS) is 1. The van der Waals surface area contributed by atoms with Crippen LogP contribution >= 0.6 is 0 Å². The van der Waals surface area contributed by atoms with Crippen LogP contribution in [0.25, 0.3) is 0 Å². The highest BCUT2D eigenvalue weighted by Crippen LogP contribution is 2.16. The molecule has 0 aliphatic carbocycles. The number of aliphatic carboxylic acids is 1. The number of carboxylic acids is 1. The van der Waals surface area contributed by atoms with Crippen LogP contribution in [0.3, 0.4) is 0 Å². The fourth-order valence-corrected chi connectivity index (χ4v) is 1.77. The molecule has 2 N–H and O–H groups in total. The fourth-order valence-electron chi connectivity index (χ4n) is 1.77. The molecule has 98 valence electrons. The summed E-state index contributed by atoms with van der Waals surface area (Å²) >= 11 is 0. The minimum atomic E-state index is -1.37. The number of hydrogen-bond donors (Lipinski definition) is 2. The molecular weight excluding hydrogens is 226 g/mol. The SMILES string of the molecule is COCC(C)(NC(=O)C1CCOCC1)C(=O)O. The highest BCUT2D eigenvalue weighted by molar-refractivity contribution is 5.87. The Hall–Kier alpha value is -1.14. The van der Waals surface area contributed by atoms with Gasteiger partial charge < -0.3 is 19.9 Å². The van der Waals surface area contributed by atoms with E-state index in [1.807, 2.05) is 0 Å². The molecule has 0 aromatic rings. The lowest BCUT2D eigenvalue weighted by Gasteiger charge is -2.29. The van der Waals surface area contributed by atoms with Gasteiger partial charge in [-0.25, -0.2) is 4.79 Å². The van der Waals surface area contributed by atoms with E-state index in [4.69, 9.17) is 14.6 Å². The van der Waals surface area contributed by atoms with Crippen molar-refractivity contribution in [3.8, 4) is 0 Å². The Morgan fingerprint density at radius 2 is 2.06 bits per heavy atom. The minimum absolute atomic E-state index is 0.0582. The van der Waals surface area contributed by atoms with Gasteiger partial charge in [0.15, 0.2) is 5.54 Å². The van der Waals surface area contributed by atoms with E-state index in [0.717, 1.165) is 0 Å². The van der Waals surface area contributed by atoms with Crippen LogP contribution in [0.1, 0.15) is 19.8 Å². The number of carbonyl (C=O) groups is 2. The molecule has 1 aliphatic heterocycles. The third-order valence-corrected chi connectivity index (χ3v) is 2.90. The van der Waals surface area contributed by atoms with E-state index in [0.29, 0.717) is 26.1 Å². The average Bonchev–Trinajstić information content (AvgIpc) is 2.30. The summed E-state index contributed by atoms with van der Waals surface area (Å²) in [5.41, 5.74) is -1.37. The van der Waals surface area contributed by atoms with E-state index < -0.39 is 11.5 Å². The summed E-state index contributed by atoms with van der Waals surface area (Å²) in [6.45, 7) is 2.48. The van der Waals surface area contributed by atoms with Crippen molar-refractivity contribution in [3.63, 3.8) is 0 Å². The quantitative estimate of drug-likeness (QED) is 0.713. The van der Waals surface area contributed by atoms with Gasteiger partial charge >= 0.3 is 5.97 Å². The van der Waals surface area contributed by atoms with Crippen molar-refractivity contribution in [2.75, 3.05) is 26.9 Å². The number of nitrogens with one attached hydrogen (secondary N) is 1. The van der Waals surface area contributed by atoms with Gasteiger partial charge in [0.05, 0.1) is 6.61 Å². The monoisotopic (exact) mass is 245 g/mol. The van der Waals surface area contributed by atoms with Crippen LogP contribution in [0.2, 0.25) is 0 Å². The number of hydrogen-bond acceptors (Lipinski definition) is 4. The van der Waals surface area contributed by atoms with Crippen LogP contribution in [0.4, 0.5) is 0 Å². The summed E-state index contributed by atoms with van der Waals surface area (Å²) < 4.78 is 9.99. The molecule has 1 aliphatic rings. The molecule has 1 rings (SSSR count). The van der Waals surface area contributed by atoms with Gasteiger partial charge in [0, 0.05) is 26.2 Å². The second-order valence-corrected chi connectivity index (χ2v) is 4.45. The maximum atomic E-state index is 11.9. The van der Waals surface area contributed by atoms with Crippen LogP contribution in [-0.4, -0.2) is 49.5 Å². The lowest BCUT2D eigenvalue weighted by atomic mass is 9.96. The first-order chi connectivity index (χ1) is 7.99. The maximum absolute atomic E-state index is 11.9. The molecule has 0 spiro atoms. The first kappa shape index (κ1) is 13.9. The van der Waals surface area contributed by atoms with Gasteiger partial charge in [0.25, 0.3) is 0 Å². The van der Waals surface area contributed by atoms with Crippen molar-refractivity contribution in [2.45, 2.75) is 25.3 Å². The summed E-state index contributed by atoms with van der Waals surface area (Å²) in [5, 5.41) is 11.6. The number of ether oxygens (including phenoxy) is 2. The molecule has 6 heteroatoms. The van der Waals surface area contributed by atoms with Crippen molar-refractivity contribution < 1.29 is 24.2 Å². The first-order valence-electron chi connectivity index (χ1n) is 5.61. The number of methoxy groups -OCH3 is 1. The predicted octanol–water partition coefficient (Wildman–Crippen LogP) is 0.0189. The van der Waals surface area contributed by atoms with E-state index in [-0.39, 0.29) is 18.4 Å². The zero-order valence-electron chi connectivity index (χ0n) is 10.2. The zero-order valence-corrected chi connectivity index (χ0v) is 10.2. The van der Waals surface area contributed by atoms with E-state index in [2.05, 4.69) is 5.32 Å². The topological polar surface area (TPSA) is 84.9 Å². The summed E-state index contributed by atoms with van der Waals surface area (Å²) in [4.78, 5) is 23.0. The van der Waals surface area contributed by atoms with Gasteiger partial charge in [0.1, 0.15) is 0 Å². The van der Waals surface area contributed by atoms with Gasteiger partial charge in [-0.3, -0.25) is 4.79 Å². The number of amides is 1. The Morgan fingerprint density at radius 1 is 1.47 bits per heavy atom. The van der Waals surface area contributed by atoms with Crippen LogP contribution in [0.15, 0.2) is 0 Å². The molecule has 1 atom stereocenters. The smallest absolute Gasteiger partial charge is 0.331 e. The Balaban J connectivity index is 2.60. The van der Waals surface area contributed by atoms with Gasteiger partial charge in [-0.1, -0.05) is 0 Å². The van der Waals surface area contributed by atoms with Crippen molar-refractivity contribution in [2.24, 2.45) is 5.92 Å². The summed E-state index contributed by atoms with van der Waals surface area (Å²) in [6.07, 6.45) is 1.27. The summed E-state index contributed by atoms with van der Waals surface area (Å²) in [6, 6.07) is 0. The van der Waals surface area contributed by atoms with E-state index in [1.54, 1.807) is 0 Å². The fraction of sp³-hybridized carbons (Fsp3) is 0.818. The van der Waals surface area contributed by atoms with Gasteiger partial charge in [-0.05, 0) is 19.8 Å². The van der Waals surface area contributed by atoms with Crippen LogP contribution in [0, 0.1) is 5.92 Å². The zero-order chi connectivity index (χ0) is 12.9. The average molecular weight is 245 g/mol. The number of carbonyl (C=O) groups excluding carboxylic acids is 1. The molecule has 1 fully saturated rings. The largest absolute Gasteiger partial charge is 0.479 e. The molecule has 1 unspecified atom stereocenters. The van der Waals surface area contributed by atoms with Crippen molar-refractivity contribution in [1.29, 1.82) is 0 Å². The molecule has 1 amide bonds. The van der Waals surface area contributed by atoms with Crippen molar-refractivity contribution in [3.05, 3.63) is 0 Å². The molecule has 1 heterocycles. The third kappa shape index (κ3) is 3.67. The third-order valence-electron chi connectivity index (χ3n) is 2.90. The number of rotatable bonds is 5. The first-order valence-corrected chi connectivity index (χ1v) is 5.61. The highest BCUT2D eigenvalue weighted by Gasteiger charge is 2.37. The van der Waals surface area contributed by atoms with E-state index in [1.165, 1.54) is 14.0 Å². The lowest BCUT2D eigenvalue weighted by molar-refractivity contribution is -0.150. The second-order valence-electron chi connectivity index (χ2n) is 4.45. The van der Waals surface area contributed by atoms with Crippen molar-refractivity contribution >= 4 is 11.9 Å². The molecule has 0 bridgehead atoms. The molecule has 0 aromatic carbocycles. The maximum Gasteiger partial charge on any atom is 0.331 e. The van der Waals surface area contributed by atoms with Crippen LogP contribution in [0.5, 0.6) is 0 Å². The molecule has 0 aromatic heterocycles. The van der Waals surface area contributed by atoms with Gasteiger partial charge in [-0.2, -0.15) is 0 Å². The molecule has 17 heavy (non-hydrogen) atoms. The second kappa shape index (κ2) is 5.97. The normalized spacial score (nSPS) is 20.6. The predicted molar refractivity (Wildman–Crippen MR) is 59.6 cm³/mol. The van der Waals surface area contributed by atoms with Crippen LogP contribution in [-0.2, 0) is 19.1 Å². The Kier molecular flexibility index (Phi) is 4.89. The lowest BCUT2D eigenvalue weighted by Crippen LogP contribution is -2.57. The molecule has 1 saturated heterocycles. The summed E-state index contributed by atoms with van der Waals surface area (Å²) in [5.74, 6) is -1.51. The van der Waals surface area contributed by atoms with Gasteiger partial charge in [0.2, 0.25) is 5.91 Å². The van der Waals surface area contributed by atoms with Crippen LogP contribution < -0.4 is 5.32 Å². The van der Waals surface area contributed by atoms with Crippen molar-refractivity contribution in [1.82, 2.24) is 5.32 Å². The van der Waals surface area contributed by atoms with E-state index in [9.17, 15) is 9.59 Å². The molecule has 6 nitrogen and oxygen atoms in total. The molecule has 0 radical (unpaired) electrons. The Labute approximate surface area is 100 Å².